The van der Waals surface area contributed by atoms with Gasteiger partial charge in [-0.15, -0.1) is 0 Å². The maximum atomic E-state index is 11.5. The third-order valence-corrected chi connectivity index (χ3v) is 3.64. The van der Waals surface area contributed by atoms with Gasteiger partial charge >= 0.3 is 5.97 Å². The van der Waals surface area contributed by atoms with Crippen LogP contribution in [0.4, 0.5) is 0 Å². The minimum Gasteiger partial charge on any atom is -0.471 e. The third-order valence-electron chi connectivity index (χ3n) is 2.81. The van der Waals surface area contributed by atoms with Gasteiger partial charge in [0.25, 0.3) is 0 Å². The normalized spacial score (nSPS) is 19.3. The van der Waals surface area contributed by atoms with Crippen LogP contribution in [0.5, 0.6) is 0 Å². The van der Waals surface area contributed by atoms with Crippen LogP contribution in [0.1, 0.15) is 34.6 Å². The van der Waals surface area contributed by atoms with E-state index in [1.54, 1.807) is 11.8 Å². The summed E-state index contributed by atoms with van der Waals surface area (Å²) >= 11 is 1.57. The van der Waals surface area contributed by atoms with Crippen molar-refractivity contribution in [1.29, 1.82) is 0 Å². The summed E-state index contributed by atoms with van der Waals surface area (Å²) in [6.45, 7) is 10.8. The molecule has 0 aliphatic carbocycles. The Morgan fingerprint density at radius 3 is 2.75 bits per heavy atom. The largest absolute Gasteiger partial charge is 0.471 e. The van der Waals surface area contributed by atoms with Crippen molar-refractivity contribution in [2.24, 2.45) is 16.3 Å². The van der Waals surface area contributed by atoms with Gasteiger partial charge in [-0.1, -0.05) is 37.8 Å². The molecule has 0 radical (unpaired) electrons. The first-order chi connectivity index (χ1) is 9.30. The molecule has 0 N–H and O–H groups in total. The van der Waals surface area contributed by atoms with Gasteiger partial charge in [-0.3, -0.25) is 4.79 Å². The van der Waals surface area contributed by atoms with Crippen molar-refractivity contribution in [3.63, 3.8) is 0 Å². The van der Waals surface area contributed by atoms with Gasteiger partial charge in [-0.25, -0.2) is 4.99 Å². The highest BCUT2D eigenvalue weighted by atomic mass is 32.2. The maximum absolute atomic E-state index is 11.5. The number of aliphatic imine (C=N–C) groups is 1. The quantitative estimate of drug-likeness (QED) is 0.577. The molecular weight excluding hydrogens is 274 g/mol. The number of rotatable bonds is 5. The van der Waals surface area contributed by atoms with Gasteiger partial charge in [0.15, 0.2) is 0 Å². The van der Waals surface area contributed by atoms with Gasteiger partial charge in [0.2, 0.25) is 5.23 Å². The molecule has 0 unspecified atom stereocenters. The highest BCUT2D eigenvalue weighted by molar-refractivity contribution is 8.13. The van der Waals surface area contributed by atoms with E-state index < -0.39 is 5.41 Å². The van der Waals surface area contributed by atoms with Crippen molar-refractivity contribution < 1.29 is 14.3 Å². The summed E-state index contributed by atoms with van der Waals surface area (Å²) in [7, 11) is 0. The number of hydrogen-bond donors (Lipinski definition) is 0. The molecule has 1 aliphatic heterocycles. The Labute approximate surface area is 126 Å². The zero-order valence-electron chi connectivity index (χ0n) is 13.0. The molecule has 5 heteroatoms. The van der Waals surface area contributed by atoms with E-state index in [9.17, 15) is 4.79 Å². The fourth-order valence-corrected chi connectivity index (χ4v) is 2.12. The van der Waals surface area contributed by atoms with Gasteiger partial charge < -0.3 is 9.47 Å². The molecular formula is C15H25NO3S. The van der Waals surface area contributed by atoms with Gasteiger partial charge in [0.05, 0.1) is 11.5 Å². The van der Waals surface area contributed by atoms with Crippen LogP contribution in [-0.2, 0) is 14.3 Å². The Balaban J connectivity index is 2.17. The van der Waals surface area contributed by atoms with E-state index in [4.69, 9.17) is 9.47 Å². The molecule has 1 aliphatic rings. The number of carbonyl (C=O) groups is 1. The molecule has 20 heavy (non-hydrogen) atoms. The standard InChI is InChI=1S/C15H25NO3S/c1-11(2)12-10-19-14(16-12)20-9-7-6-8-18-13(17)15(3,4)5/h6-7,11-12H,8-10H2,1-5H3/b7-6-/t12-/m1/s1. The van der Waals surface area contributed by atoms with E-state index in [0.29, 0.717) is 19.1 Å². The van der Waals surface area contributed by atoms with E-state index in [-0.39, 0.29) is 12.0 Å². The van der Waals surface area contributed by atoms with Crippen LogP contribution in [0.25, 0.3) is 0 Å². The van der Waals surface area contributed by atoms with Crippen molar-refractivity contribution in [3.05, 3.63) is 12.2 Å². The fraction of sp³-hybridized carbons (Fsp3) is 0.733. The summed E-state index contributed by atoms with van der Waals surface area (Å²) in [6, 6.07) is 0.286. The highest BCUT2D eigenvalue weighted by Gasteiger charge is 2.22. The van der Waals surface area contributed by atoms with Crippen molar-refractivity contribution in [1.82, 2.24) is 0 Å². The predicted molar refractivity (Wildman–Crippen MR) is 84.0 cm³/mol. The zero-order valence-corrected chi connectivity index (χ0v) is 13.8. The summed E-state index contributed by atoms with van der Waals surface area (Å²) in [5.41, 5.74) is -0.444. The lowest BCUT2D eigenvalue weighted by Crippen LogP contribution is -2.22. The van der Waals surface area contributed by atoms with Crippen molar-refractivity contribution in [2.45, 2.75) is 40.7 Å². The van der Waals surface area contributed by atoms with Gasteiger partial charge in [-0.05, 0) is 26.7 Å². The molecule has 1 atom stereocenters. The number of nitrogens with zero attached hydrogens (tertiary/aromatic N) is 1. The van der Waals surface area contributed by atoms with Gasteiger partial charge in [0, 0.05) is 5.75 Å². The molecule has 0 spiro atoms. The van der Waals surface area contributed by atoms with Crippen LogP contribution in [-0.4, -0.2) is 36.2 Å². The monoisotopic (exact) mass is 299 g/mol. The number of ether oxygens (including phenoxy) is 2. The lowest BCUT2D eigenvalue weighted by Gasteiger charge is -2.15. The Hall–Kier alpha value is -0.970. The predicted octanol–water partition coefficient (Wildman–Crippen LogP) is 3.28. The number of esters is 1. The van der Waals surface area contributed by atoms with Gasteiger partial charge in [-0.2, -0.15) is 0 Å². The molecule has 4 nitrogen and oxygen atoms in total. The fourth-order valence-electron chi connectivity index (χ4n) is 1.38. The van der Waals surface area contributed by atoms with Gasteiger partial charge in [0.1, 0.15) is 13.2 Å². The summed E-state index contributed by atoms with van der Waals surface area (Å²) in [6.07, 6.45) is 3.82. The van der Waals surface area contributed by atoms with E-state index >= 15 is 0 Å². The summed E-state index contributed by atoms with van der Waals surface area (Å²) in [5, 5.41) is 0.764. The molecule has 1 heterocycles. The van der Waals surface area contributed by atoms with E-state index in [2.05, 4.69) is 18.8 Å². The molecule has 114 valence electrons. The van der Waals surface area contributed by atoms with Crippen molar-refractivity contribution >= 4 is 23.0 Å². The summed E-state index contributed by atoms with van der Waals surface area (Å²) in [5.74, 6) is 1.11. The molecule has 0 saturated carbocycles. The number of carbonyl (C=O) groups excluding carboxylic acids is 1. The van der Waals surface area contributed by atoms with E-state index in [0.717, 1.165) is 11.0 Å². The average Bonchev–Trinajstić information content (AvgIpc) is 2.81. The lowest BCUT2D eigenvalue weighted by atomic mass is 9.97. The van der Waals surface area contributed by atoms with Crippen LogP contribution >= 0.6 is 11.8 Å². The second-order valence-electron chi connectivity index (χ2n) is 6.15. The highest BCUT2D eigenvalue weighted by Crippen LogP contribution is 2.19. The topological polar surface area (TPSA) is 47.9 Å². The van der Waals surface area contributed by atoms with Crippen LogP contribution in [0, 0.1) is 11.3 Å². The second kappa shape index (κ2) is 7.72. The molecule has 0 aromatic carbocycles. The van der Waals surface area contributed by atoms with Crippen LogP contribution < -0.4 is 0 Å². The van der Waals surface area contributed by atoms with E-state index in [1.807, 2.05) is 32.9 Å². The van der Waals surface area contributed by atoms with E-state index in [1.165, 1.54) is 0 Å². The third kappa shape index (κ3) is 5.99. The summed E-state index contributed by atoms with van der Waals surface area (Å²) < 4.78 is 10.6. The average molecular weight is 299 g/mol. The first kappa shape index (κ1) is 17.1. The Kier molecular flexibility index (Phi) is 6.59. The zero-order chi connectivity index (χ0) is 15.2. The first-order valence-electron chi connectivity index (χ1n) is 6.96. The SMILES string of the molecule is CC(C)[C@H]1COC(SC/C=C\COC(=O)C(C)(C)C)=N1. The van der Waals surface area contributed by atoms with Crippen LogP contribution in [0.3, 0.4) is 0 Å². The summed E-state index contributed by atoms with van der Waals surface area (Å²) in [4.78, 5) is 16.0. The van der Waals surface area contributed by atoms with Crippen molar-refractivity contribution in [2.75, 3.05) is 19.0 Å². The molecule has 0 fully saturated rings. The molecule has 0 aromatic heterocycles. The lowest BCUT2D eigenvalue weighted by molar-refractivity contribution is -0.151. The minimum atomic E-state index is -0.444. The Morgan fingerprint density at radius 2 is 2.20 bits per heavy atom. The molecule has 1 rings (SSSR count). The maximum Gasteiger partial charge on any atom is 0.311 e. The molecule has 0 aromatic rings. The minimum absolute atomic E-state index is 0.182. The first-order valence-corrected chi connectivity index (χ1v) is 7.95. The number of thioether (sulfide) groups is 1. The van der Waals surface area contributed by atoms with Crippen LogP contribution in [0.15, 0.2) is 17.1 Å². The van der Waals surface area contributed by atoms with Crippen molar-refractivity contribution in [3.8, 4) is 0 Å². The second-order valence-corrected chi connectivity index (χ2v) is 7.12. The number of hydrogen-bond acceptors (Lipinski definition) is 5. The Bertz CT molecular complexity index is 383. The molecule has 0 amide bonds. The smallest absolute Gasteiger partial charge is 0.311 e. The van der Waals surface area contributed by atoms with Crippen LogP contribution in [0.2, 0.25) is 0 Å². The molecule has 0 saturated heterocycles. The molecule has 0 bridgehead atoms. The Morgan fingerprint density at radius 1 is 1.50 bits per heavy atom.